The van der Waals surface area contributed by atoms with Gasteiger partial charge in [0.15, 0.2) is 23.0 Å². The Labute approximate surface area is 437 Å². The molecule has 0 spiro atoms. The first-order valence-corrected chi connectivity index (χ1v) is 25.6. The Balaban J connectivity index is 0.931. The van der Waals surface area contributed by atoms with Crippen molar-refractivity contribution in [2.75, 3.05) is 59.7 Å². The minimum absolute atomic E-state index is 0.00926. The van der Waals surface area contributed by atoms with Crippen LogP contribution in [0.5, 0.6) is 23.0 Å². The molecule has 9 rings (SSSR count). The van der Waals surface area contributed by atoms with Crippen LogP contribution in [0, 0.1) is 5.92 Å². The first kappa shape index (κ1) is 51.8. The van der Waals surface area contributed by atoms with Crippen molar-refractivity contribution >= 4 is 63.8 Å². The summed E-state index contributed by atoms with van der Waals surface area (Å²) < 4.78 is 24.6. The van der Waals surface area contributed by atoms with Gasteiger partial charge in [0.1, 0.15) is 31.1 Å². The standard InChI is InChI=1S/C58H65N7O10/c1-33(2)49(66)18-12-13-19-54(67)60-34(3)55(68)61-35(4)56(69)62-40-21-36(31-74-52-27-45-43(25-50(52)72-6)57(70)64-41(29-59-45)23-38-14-8-10-16-46(38)64)20-37(22-40)32-75-53-28-48-44(26-51(53)73-7)58(71)65-42(30-63(48)5)24-39-15-9-11-17-47(39)65/h8-11,14-17,20-22,25-28,33-35,41-42,59H,12-13,18-19,23-24,29-32H2,1-7H3,(H,60,67)(H,61,68)(H,62,69)/t34-,35-,41-,42-/m0/s1. The molecule has 0 radical (unpaired) electrons. The van der Waals surface area contributed by atoms with Crippen LogP contribution in [0.15, 0.2) is 91.0 Å². The predicted molar refractivity (Wildman–Crippen MR) is 286 cm³/mol. The molecule has 4 heterocycles. The van der Waals surface area contributed by atoms with E-state index < -0.39 is 23.9 Å². The molecular formula is C58H65N7O10. The summed E-state index contributed by atoms with van der Waals surface area (Å²) in [6.07, 6.45) is 3.14. The lowest BCUT2D eigenvalue weighted by Gasteiger charge is -2.25. The molecule has 17 nitrogen and oxygen atoms in total. The van der Waals surface area contributed by atoms with Crippen LogP contribution >= 0.6 is 0 Å². The molecule has 4 atom stereocenters. The highest BCUT2D eigenvalue weighted by Crippen LogP contribution is 2.43. The van der Waals surface area contributed by atoms with Crippen molar-refractivity contribution in [3.05, 3.63) is 124 Å². The number of methoxy groups -OCH3 is 2. The molecule has 0 fully saturated rings. The maximum Gasteiger partial charge on any atom is 0.260 e. The summed E-state index contributed by atoms with van der Waals surface area (Å²) in [6, 6.07) is 26.3. The van der Waals surface area contributed by atoms with Crippen LogP contribution in [0.3, 0.4) is 0 Å². The van der Waals surface area contributed by atoms with Crippen LogP contribution in [0.25, 0.3) is 0 Å². The maximum absolute atomic E-state index is 14.3. The Morgan fingerprint density at radius 3 is 1.84 bits per heavy atom. The van der Waals surface area contributed by atoms with Gasteiger partial charge in [-0.05, 0) is 104 Å². The van der Waals surface area contributed by atoms with Gasteiger partial charge < -0.3 is 54.9 Å². The second-order valence-electron chi connectivity index (χ2n) is 20.1. The largest absolute Gasteiger partial charge is 0.493 e. The third-order valence-corrected chi connectivity index (χ3v) is 14.4. The number of nitrogens with one attached hydrogen (secondary N) is 4. The number of ether oxygens (including phenoxy) is 4. The van der Waals surface area contributed by atoms with Crippen molar-refractivity contribution in [3.63, 3.8) is 0 Å². The molecular weight excluding hydrogens is 955 g/mol. The third-order valence-electron chi connectivity index (χ3n) is 14.4. The van der Waals surface area contributed by atoms with Gasteiger partial charge in [-0.2, -0.15) is 0 Å². The zero-order valence-corrected chi connectivity index (χ0v) is 43.5. The van der Waals surface area contributed by atoms with Crippen molar-refractivity contribution in [3.8, 4) is 23.0 Å². The Bertz CT molecular complexity index is 3050. The number of hydrogen-bond acceptors (Lipinski definition) is 12. The topological polar surface area (TPSA) is 197 Å². The number of para-hydroxylation sites is 2. The summed E-state index contributed by atoms with van der Waals surface area (Å²) in [5.74, 6) is -0.0141. The first-order chi connectivity index (χ1) is 36.1. The molecule has 5 aromatic carbocycles. The summed E-state index contributed by atoms with van der Waals surface area (Å²) in [7, 11) is 5.01. The highest BCUT2D eigenvalue weighted by molar-refractivity contribution is 6.13. The number of likely N-dealkylation sites (N-methyl/N-ethyl adjacent to an activating group) is 1. The molecule has 0 unspecified atom stereocenters. The molecule has 4 aliphatic rings. The Morgan fingerprint density at radius 1 is 0.640 bits per heavy atom. The second-order valence-corrected chi connectivity index (χ2v) is 20.1. The van der Waals surface area contributed by atoms with Crippen LogP contribution in [-0.2, 0) is 45.2 Å². The number of hydrogen-bond donors (Lipinski definition) is 4. The summed E-state index contributed by atoms with van der Waals surface area (Å²) >= 11 is 0. The van der Waals surface area contributed by atoms with Crippen LogP contribution < -0.4 is 54.9 Å². The van der Waals surface area contributed by atoms with E-state index in [9.17, 15) is 28.8 Å². The maximum atomic E-state index is 14.3. The Hall–Kier alpha value is -8.08. The van der Waals surface area contributed by atoms with E-state index in [2.05, 4.69) is 38.3 Å². The molecule has 75 heavy (non-hydrogen) atoms. The van der Waals surface area contributed by atoms with Crippen molar-refractivity contribution in [2.45, 2.75) is 104 Å². The SMILES string of the molecule is COc1cc2c(cc1OCc1cc(COc3cc4c(cc3OC)C(=O)N3c5ccccc5C[C@H]3CN4C)cc(NC(=O)[C@H](C)NC(=O)[C@H](C)NC(=O)CCCCC(=O)C(C)C)c1)NC[C@@H]1Cc3ccccc3N1C2=O. The number of anilines is 5. The van der Waals surface area contributed by atoms with Crippen molar-refractivity contribution in [2.24, 2.45) is 5.92 Å². The first-order valence-electron chi connectivity index (χ1n) is 25.6. The fourth-order valence-corrected chi connectivity index (χ4v) is 10.4. The zero-order valence-electron chi connectivity index (χ0n) is 43.5. The molecule has 0 aromatic heterocycles. The number of carbonyl (C=O) groups is 6. The lowest BCUT2D eigenvalue weighted by atomic mass is 10.0. The number of amides is 5. The highest BCUT2D eigenvalue weighted by atomic mass is 16.5. The minimum atomic E-state index is -1.00. The van der Waals surface area contributed by atoms with Gasteiger partial charge in [-0.25, -0.2) is 0 Å². The Morgan fingerprint density at radius 2 is 1.20 bits per heavy atom. The van der Waals surface area contributed by atoms with E-state index in [4.69, 9.17) is 18.9 Å². The predicted octanol–water partition coefficient (Wildman–Crippen LogP) is 7.61. The van der Waals surface area contributed by atoms with Crippen LogP contribution in [0.1, 0.15) is 96.3 Å². The van der Waals surface area contributed by atoms with E-state index in [1.54, 1.807) is 44.2 Å². The molecule has 0 aliphatic carbocycles. The lowest BCUT2D eigenvalue weighted by molar-refractivity contribution is -0.130. The molecule has 4 N–H and O–H groups in total. The van der Waals surface area contributed by atoms with Gasteiger partial charge in [0, 0.05) is 68.1 Å². The number of fused-ring (bicyclic) bond motifs is 8. The number of benzene rings is 5. The average Bonchev–Trinajstić information content (AvgIpc) is 3.91. The van der Waals surface area contributed by atoms with Crippen LogP contribution in [0.2, 0.25) is 0 Å². The van der Waals surface area contributed by atoms with Gasteiger partial charge in [-0.1, -0.05) is 50.2 Å². The molecule has 5 amide bonds. The van der Waals surface area contributed by atoms with E-state index in [1.807, 2.05) is 79.2 Å². The van der Waals surface area contributed by atoms with Gasteiger partial charge in [0.2, 0.25) is 17.7 Å². The second kappa shape index (κ2) is 22.2. The van der Waals surface area contributed by atoms with Crippen molar-refractivity contribution in [1.82, 2.24) is 10.6 Å². The van der Waals surface area contributed by atoms with Gasteiger partial charge >= 0.3 is 0 Å². The van der Waals surface area contributed by atoms with E-state index in [-0.39, 0.29) is 61.1 Å². The van der Waals surface area contributed by atoms with E-state index >= 15 is 0 Å². The fraction of sp³-hybridized carbons (Fsp3) is 0.379. The number of unbranched alkanes of at least 4 members (excludes halogenated alkanes) is 1. The normalized spacial score (nSPS) is 16.9. The van der Waals surface area contributed by atoms with E-state index in [0.29, 0.717) is 94.7 Å². The monoisotopic (exact) mass is 1020 g/mol. The number of Topliss-reactive ketones (excluding diaryl/α,β-unsaturated/α-hetero) is 1. The van der Waals surface area contributed by atoms with E-state index in [1.165, 1.54) is 14.2 Å². The van der Waals surface area contributed by atoms with Crippen molar-refractivity contribution < 1.29 is 47.7 Å². The van der Waals surface area contributed by atoms with Gasteiger partial charge in [0.05, 0.1) is 48.8 Å². The molecule has 0 saturated heterocycles. The molecule has 392 valence electrons. The lowest BCUT2D eigenvalue weighted by Crippen LogP contribution is -2.50. The Kier molecular flexibility index (Phi) is 15.3. The van der Waals surface area contributed by atoms with E-state index in [0.717, 1.165) is 35.3 Å². The zero-order chi connectivity index (χ0) is 53.1. The summed E-state index contributed by atoms with van der Waals surface area (Å²) in [4.78, 5) is 85.8. The van der Waals surface area contributed by atoms with Crippen LogP contribution in [-0.4, -0.2) is 93.8 Å². The molecule has 17 heteroatoms. The van der Waals surface area contributed by atoms with Gasteiger partial charge in [0.25, 0.3) is 11.8 Å². The summed E-state index contributed by atoms with van der Waals surface area (Å²) in [6.45, 7) is 7.95. The number of ketones is 1. The number of rotatable bonds is 19. The average molecular weight is 1020 g/mol. The van der Waals surface area contributed by atoms with Crippen molar-refractivity contribution in [1.29, 1.82) is 0 Å². The molecule has 5 aromatic rings. The molecule has 4 aliphatic heterocycles. The summed E-state index contributed by atoms with van der Waals surface area (Å²) in [5, 5.41) is 11.8. The quantitative estimate of drug-likeness (QED) is 0.0592. The third kappa shape index (κ3) is 11.1. The molecule has 0 saturated carbocycles. The minimum Gasteiger partial charge on any atom is -0.493 e. The van der Waals surface area contributed by atoms with Gasteiger partial charge in [-0.15, -0.1) is 0 Å². The number of carbonyl (C=O) groups excluding carboxylic acids is 6. The highest BCUT2D eigenvalue weighted by Gasteiger charge is 2.40. The summed E-state index contributed by atoms with van der Waals surface area (Å²) in [5.41, 5.74) is 8.02. The smallest absolute Gasteiger partial charge is 0.260 e. The fourth-order valence-electron chi connectivity index (χ4n) is 10.4. The van der Waals surface area contributed by atoms with Crippen LogP contribution in [0.4, 0.5) is 28.4 Å². The molecule has 0 bridgehead atoms. The van der Waals surface area contributed by atoms with Gasteiger partial charge in [-0.3, -0.25) is 28.8 Å². The number of nitrogens with zero attached hydrogens (tertiary/aromatic N) is 3.